The summed E-state index contributed by atoms with van der Waals surface area (Å²) in [4.78, 5) is 24.1. The molecule has 4 N–H and O–H groups in total. The number of benzene rings is 1. The maximum atomic E-state index is 12.5. The van der Waals surface area contributed by atoms with Crippen LogP contribution in [-0.2, 0) is 4.79 Å². The Labute approximate surface area is 146 Å². The van der Waals surface area contributed by atoms with E-state index in [0.29, 0.717) is 28.1 Å². The molecule has 2 amide bonds. The number of hydrogen-bond acceptors (Lipinski definition) is 3. The van der Waals surface area contributed by atoms with Crippen molar-refractivity contribution in [1.82, 2.24) is 5.32 Å². The molecule has 2 saturated carbocycles. The molecule has 126 valence electrons. The fourth-order valence-electron chi connectivity index (χ4n) is 3.86. The molecule has 1 aromatic carbocycles. The topological polar surface area (TPSA) is 84.2 Å². The van der Waals surface area contributed by atoms with E-state index in [1.807, 2.05) is 0 Å². The molecular formula is C16H21Cl2N3O2. The van der Waals surface area contributed by atoms with Crippen molar-refractivity contribution in [1.29, 1.82) is 0 Å². The van der Waals surface area contributed by atoms with E-state index in [1.165, 1.54) is 0 Å². The highest BCUT2D eigenvalue weighted by Gasteiger charge is 2.49. The summed E-state index contributed by atoms with van der Waals surface area (Å²) in [5.41, 5.74) is 7.17. The summed E-state index contributed by atoms with van der Waals surface area (Å²) < 4.78 is 0. The summed E-state index contributed by atoms with van der Waals surface area (Å²) in [5.74, 6) is 0.484. The molecule has 0 heterocycles. The summed E-state index contributed by atoms with van der Waals surface area (Å²) in [5, 5.41) is 5.73. The molecule has 0 saturated heterocycles. The van der Waals surface area contributed by atoms with Gasteiger partial charge in [0, 0.05) is 18.8 Å². The molecule has 7 heteroatoms. The number of fused-ring (bicyclic) bond motifs is 2. The molecule has 4 atom stereocenters. The third-order valence-electron chi connectivity index (χ3n) is 4.99. The number of halogens is 2. The molecule has 2 aliphatic carbocycles. The van der Waals surface area contributed by atoms with E-state index in [4.69, 9.17) is 17.3 Å². The molecule has 1 aromatic rings. The predicted molar refractivity (Wildman–Crippen MR) is 93.0 cm³/mol. The number of rotatable bonds is 3. The zero-order valence-electron chi connectivity index (χ0n) is 12.8. The van der Waals surface area contributed by atoms with E-state index >= 15 is 0 Å². The van der Waals surface area contributed by atoms with Crippen molar-refractivity contribution in [2.24, 2.45) is 23.5 Å². The van der Waals surface area contributed by atoms with Crippen LogP contribution in [0.2, 0.25) is 5.02 Å². The van der Waals surface area contributed by atoms with Gasteiger partial charge in [-0.25, -0.2) is 0 Å². The number of hydrogen-bond donors (Lipinski definition) is 3. The van der Waals surface area contributed by atoms with Crippen LogP contribution in [0.15, 0.2) is 18.2 Å². The van der Waals surface area contributed by atoms with Crippen molar-refractivity contribution in [2.45, 2.75) is 25.3 Å². The number of anilines is 1. The first-order valence-corrected chi connectivity index (χ1v) is 7.97. The minimum absolute atomic E-state index is 0. The summed E-state index contributed by atoms with van der Waals surface area (Å²) in [6.45, 7) is 0. The van der Waals surface area contributed by atoms with Gasteiger partial charge in [-0.15, -0.1) is 12.4 Å². The van der Waals surface area contributed by atoms with Crippen LogP contribution in [-0.4, -0.2) is 24.9 Å². The summed E-state index contributed by atoms with van der Waals surface area (Å²) in [7, 11) is 1.55. The molecule has 3 rings (SSSR count). The smallest absolute Gasteiger partial charge is 0.252 e. The molecule has 0 aliphatic heterocycles. The fraction of sp³-hybridized carbons (Fsp3) is 0.500. The summed E-state index contributed by atoms with van der Waals surface area (Å²) in [6, 6.07) is 4.85. The molecule has 2 bridgehead atoms. The Morgan fingerprint density at radius 1 is 1.26 bits per heavy atom. The van der Waals surface area contributed by atoms with E-state index in [0.717, 1.165) is 19.3 Å². The Balaban J connectivity index is 0.00000192. The van der Waals surface area contributed by atoms with E-state index < -0.39 is 0 Å². The minimum atomic E-state index is -0.252. The lowest BCUT2D eigenvalue weighted by Gasteiger charge is -2.27. The van der Waals surface area contributed by atoms with Crippen molar-refractivity contribution < 1.29 is 9.59 Å². The van der Waals surface area contributed by atoms with Gasteiger partial charge >= 0.3 is 0 Å². The standard InChI is InChI=1S/C16H20ClN3O2.ClH/c1-19-15(21)11-5-4-10(7-12(11)17)20-16(22)13-8-2-3-9(6-8)14(13)18;/h4-5,7-9,13-14H,2-3,6,18H2,1H3,(H,19,21)(H,20,22);1H. The average Bonchev–Trinajstić information content (AvgIpc) is 3.07. The first-order valence-electron chi connectivity index (χ1n) is 7.59. The first-order chi connectivity index (χ1) is 10.5. The molecule has 0 radical (unpaired) electrons. The quantitative estimate of drug-likeness (QED) is 0.776. The van der Waals surface area contributed by atoms with Gasteiger partial charge in [-0.1, -0.05) is 11.6 Å². The SMILES string of the molecule is CNC(=O)c1ccc(NC(=O)C2C3CCC(C3)C2N)cc1Cl.Cl. The Bertz CT molecular complexity index is 621. The average molecular weight is 358 g/mol. The third kappa shape index (κ3) is 3.32. The van der Waals surface area contributed by atoms with Gasteiger partial charge in [0.2, 0.25) is 5.91 Å². The summed E-state index contributed by atoms with van der Waals surface area (Å²) in [6.07, 6.45) is 3.30. The van der Waals surface area contributed by atoms with E-state index in [1.54, 1.807) is 25.2 Å². The molecule has 2 aliphatic rings. The molecule has 0 aromatic heterocycles. The van der Waals surface area contributed by atoms with Crippen LogP contribution in [0.5, 0.6) is 0 Å². The lowest BCUT2D eigenvalue weighted by atomic mass is 9.84. The second-order valence-electron chi connectivity index (χ2n) is 6.20. The third-order valence-corrected chi connectivity index (χ3v) is 5.30. The van der Waals surface area contributed by atoms with Crippen LogP contribution in [0.1, 0.15) is 29.6 Å². The van der Waals surface area contributed by atoms with Crippen LogP contribution in [0.4, 0.5) is 5.69 Å². The number of nitrogens with two attached hydrogens (primary N) is 1. The second kappa shape index (κ2) is 7.07. The van der Waals surface area contributed by atoms with Crippen molar-refractivity contribution in [3.8, 4) is 0 Å². The van der Waals surface area contributed by atoms with Crippen LogP contribution in [0.3, 0.4) is 0 Å². The number of nitrogens with one attached hydrogen (secondary N) is 2. The zero-order valence-corrected chi connectivity index (χ0v) is 14.4. The van der Waals surface area contributed by atoms with E-state index in [-0.39, 0.29) is 36.2 Å². The Hall–Kier alpha value is -1.30. The second-order valence-corrected chi connectivity index (χ2v) is 6.61. The van der Waals surface area contributed by atoms with Gasteiger partial charge in [0.1, 0.15) is 0 Å². The molecule has 2 fully saturated rings. The van der Waals surface area contributed by atoms with Gasteiger partial charge < -0.3 is 16.4 Å². The maximum absolute atomic E-state index is 12.5. The molecule has 23 heavy (non-hydrogen) atoms. The van der Waals surface area contributed by atoms with Gasteiger partial charge in [-0.05, 0) is 49.3 Å². The Kier molecular flexibility index (Phi) is 5.55. The zero-order chi connectivity index (χ0) is 15.9. The van der Waals surface area contributed by atoms with Crippen LogP contribution in [0.25, 0.3) is 0 Å². The van der Waals surface area contributed by atoms with E-state index in [2.05, 4.69) is 10.6 Å². The number of carbonyl (C=O) groups is 2. The lowest BCUT2D eigenvalue weighted by Crippen LogP contribution is -2.42. The molecular weight excluding hydrogens is 337 g/mol. The maximum Gasteiger partial charge on any atom is 0.252 e. The Morgan fingerprint density at radius 3 is 2.52 bits per heavy atom. The lowest BCUT2D eigenvalue weighted by molar-refractivity contribution is -0.121. The van der Waals surface area contributed by atoms with Crippen molar-refractivity contribution >= 4 is 41.5 Å². The van der Waals surface area contributed by atoms with Gasteiger partial charge in [0.05, 0.1) is 16.5 Å². The number of carbonyl (C=O) groups excluding carboxylic acids is 2. The molecule has 5 nitrogen and oxygen atoms in total. The van der Waals surface area contributed by atoms with Crippen LogP contribution in [0, 0.1) is 17.8 Å². The van der Waals surface area contributed by atoms with E-state index in [9.17, 15) is 9.59 Å². The van der Waals surface area contributed by atoms with Gasteiger partial charge in [0.15, 0.2) is 0 Å². The molecule has 0 spiro atoms. The molecule has 4 unspecified atom stereocenters. The van der Waals surface area contributed by atoms with Crippen molar-refractivity contribution in [2.75, 3.05) is 12.4 Å². The van der Waals surface area contributed by atoms with Crippen molar-refractivity contribution in [3.05, 3.63) is 28.8 Å². The van der Waals surface area contributed by atoms with Gasteiger partial charge in [0.25, 0.3) is 5.91 Å². The first kappa shape index (κ1) is 18.0. The highest BCUT2D eigenvalue weighted by molar-refractivity contribution is 6.34. The number of amides is 2. The normalized spacial score (nSPS) is 28.1. The van der Waals surface area contributed by atoms with Gasteiger partial charge in [-0.2, -0.15) is 0 Å². The minimum Gasteiger partial charge on any atom is -0.355 e. The van der Waals surface area contributed by atoms with Crippen LogP contribution >= 0.6 is 24.0 Å². The van der Waals surface area contributed by atoms with Crippen LogP contribution < -0.4 is 16.4 Å². The summed E-state index contributed by atoms with van der Waals surface area (Å²) >= 11 is 6.10. The fourth-order valence-corrected chi connectivity index (χ4v) is 4.13. The highest BCUT2D eigenvalue weighted by atomic mass is 35.5. The van der Waals surface area contributed by atoms with Gasteiger partial charge in [-0.3, -0.25) is 9.59 Å². The van der Waals surface area contributed by atoms with Crippen molar-refractivity contribution in [3.63, 3.8) is 0 Å². The largest absolute Gasteiger partial charge is 0.355 e. The monoisotopic (exact) mass is 357 g/mol. The predicted octanol–water partition coefficient (Wildman–Crippen LogP) is 2.43. The highest BCUT2D eigenvalue weighted by Crippen LogP contribution is 2.47. The Morgan fingerprint density at radius 2 is 1.96 bits per heavy atom.